The summed E-state index contributed by atoms with van der Waals surface area (Å²) >= 11 is 0. The molecule has 0 aromatic carbocycles. The van der Waals surface area contributed by atoms with Crippen LogP contribution in [-0.4, -0.2) is 52.9 Å². The number of amides is 1. The van der Waals surface area contributed by atoms with Crippen molar-refractivity contribution in [2.24, 2.45) is 0 Å². The van der Waals surface area contributed by atoms with E-state index in [4.69, 9.17) is 5.73 Å². The number of rotatable bonds is 2. The first-order valence-corrected chi connectivity index (χ1v) is 7.00. The summed E-state index contributed by atoms with van der Waals surface area (Å²) in [6.07, 6.45) is 3.66. The van der Waals surface area contributed by atoms with Crippen LogP contribution in [0.25, 0.3) is 0 Å². The van der Waals surface area contributed by atoms with Crippen molar-refractivity contribution < 1.29 is 4.79 Å². The Labute approximate surface area is 113 Å². The van der Waals surface area contributed by atoms with Crippen LogP contribution in [0.1, 0.15) is 29.8 Å². The second kappa shape index (κ2) is 5.17. The van der Waals surface area contributed by atoms with E-state index in [9.17, 15) is 4.79 Å². The van der Waals surface area contributed by atoms with E-state index in [0.29, 0.717) is 17.6 Å². The summed E-state index contributed by atoms with van der Waals surface area (Å²) in [5.41, 5.74) is 6.09. The Morgan fingerprint density at radius 2 is 2.05 bits per heavy atom. The molecule has 102 valence electrons. The minimum atomic E-state index is 0.00833. The summed E-state index contributed by atoms with van der Waals surface area (Å²) in [5.74, 6) is 0.412. The summed E-state index contributed by atoms with van der Waals surface area (Å²) in [6.45, 7) is 4.03. The van der Waals surface area contributed by atoms with Gasteiger partial charge in [0.15, 0.2) is 0 Å². The lowest BCUT2D eigenvalue weighted by atomic mass is 10.2. The van der Waals surface area contributed by atoms with Crippen LogP contribution >= 0.6 is 0 Å². The van der Waals surface area contributed by atoms with Crippen LogP contribution in [0, 0.1) is 0 Å². The molecule has 2 N–H and O–H groups in total. The van der Waals surface area contributed by atoms with Gasteiger partial charge in [-0.05, 0) is 44.5 Å². The van der Waals surface area contributed by atoms with Crippen molar-refractivity contribution in [2.45, 2.75) is 25.3 Å². The second-order valence-corrected chi connectivity index (χ2v) is 5.38. The highest BCUT2D eigenvalue weighted by Crippen LogP contribution is 2.21. The van der Waals surface area contributed by atoms with E-state index < -0.39 is 0 Å². The molecule has 3 rings (SSSR count). The molecule has 0 aliphatic carbocycles. The maximum absolute atomic E-state index is 12.3. The zero-order valence-electron chi connectivity index (χ0n) is 11.1. The molecule has 0 radical (unpaired) electrons. The third kappa shape index (κ3) is 2.56. The molecule has 1 aromatic heterocycles. The molecular weight excluding hydrogens is 240 g/mol. The van der Waals surface area contributed by atoms with Crippen LogP contribution in [-0.2, 0) is 0 Å². The number of nitrogens with two attached hydrogens (primary N) is 1. The maximum Gasteiger partial charge on any atom is 0.272 e. The molecule has 0 unspecified atom stereocenters. The number of nitrogens with zero attached hydrogens (tertiary/aromatic N) is 3. The molecule has 5 heteroatoms. The van der Waals surface area contributed by atoms with Crippen LogP contribution in [0.15, 0.2) is 18.2 Å². The number of hydrogen-bond acceptors (Lipinski definition) is 4. The molecule has 2 aliphatic heterocycles. The van der Waals surface area contributed by atoms with Crippen molar-refractivity contribution in [1.29, 1.82) is 0 Å². The molecule has 3 heterocycles. The van der Waals surface area contributed by atoms with Gasteiger partial charge in [-0.3, -0.25) is 9.69 Å². The average molecular weight is 260 g/mol. The highest BCUT2D eigenvalue weighted by Gasteiger charge is 2.32. The highest BCUT2D eigenvalue weighted by atomic mass is 16.2. The number of carbonyl (C=O) groups excluding carboxylic acids is 1. The second-order valence-electron chi connectivity index (χ2n) is 5.38. The third-order valence-corrected chi connectivity index (χ3v) is 4.10. The van der Waals surface area contributed by atoms with E-state index in [1.807, 2.05) is 4.90 Å². The maximum atomic E-state index is 12.3. The number of aromatic nitrogens is 1. The monoisotopic (exact) mass is 260 g/mol. The van der Waals surface area contributed by atoms with E-state index in [0.717, 1.165) is 19.5 Å². The zero-order chi connectivity index (χ0) is 13.2. The van der Waals surface area contributed by atoms with Crippen LogP contribution in [0.2, 0.25) is 0 Å². The first-order chi connectivity index (χ1) is 9.24. The van der Waals surface area contributed by atoms with Gasteiger partial charge >= 0.3 is 0 Å². The predicted molar refractivity (Wildman–Crippen MR) is 73.8 cm³/mol. The van der Waals surface area contributed by atoms with Gasteiger partial charge in [-0.2, -0.15) is 0 Å². The lowest BCUT2D eigenvalue weighted by molar-refractivity contribution is 0.0774. The fraction of sp³-hybridized carbons (Fsp3) is 0.571. The van der Waals surface area contributed by atoms with Crippen LogP contribution < -0.4 is 5.73 Å². The Morgan fingerprint density at radius 3 is 2.79 bits per heavy atom. The number of nitrogen functional groups attached to an aromatic ring is 1. The van der Waals surface area contributed by atoms with Crippen molar-refractivity contribution in [1.82, 2.24) is 14.8 Å². The molecule has 2 aliphatic rings. The van der Waals surface area contributed by atoms with E-state index in [1.165, 1.54) is 25.9 Å². The van der Waals surface area contributed by atoms with Gasteiger partial charge in [0.2, 0.25) is 0 Å². The molecule has 0 saturated carbocycles. The van der Waals surface area contributed by atoms with E-state index in [-0.39, 0.29) is 5.91 Å². The van der Waals surface area contributed by atoms with E-state index in [2.05, 4.69) is 9.88 Å². The smallest absolute Gasteiger partial charge is 0.272 e. The van der Waals surface area contributed by atoms with Crippen molar-refractivity contribution in [2.75, 3.05) is 31.9 Å². The minimum absolute atomic E-state index is 0.00833. The van der Waals surface area contributed by atoms with Crippen molar-refractivity contribution in [3.05, 3.63) is 23.9 Å². The molecule has 19 heavy (non-hydrogen) atoms. The Kier molecular flexibility index (Phi) is 3.38. The lowest BCUT2D eigenvalue weighted by Crippen LogP contribution is -2.37. The van der Waals surface area contributed by atoms with Gasteiger partial charge in [0.25, 0.3) is 5.91 Å². The molecule has 0 bridgehead atoms. The molecule has 1 amide bonds. The fourth-order valence-electron chi connectivity index (χ4n) is 3.06. The molecular formula is C14H20N4O. The molecule has 2 saturated heterocycles. The normalized spacial score (nSPS) is 24.0. The third-order valence-electron chi connectivity index (χ3n) is 4.10. The summed E-state index contributed by atoms with van der Waals surface area (Å²) in [7, 11) is 0. The molecule has 5 nitrogen and oxygen atoms in total. The molecule has 1 aromatic rings. The summed E-state index contributed by atoms with van der Waals surface area (Å²) in [5, 5.41) is 0. The number of carbonyl (C=O) groups is 1. The number of anilines is 1. The quantitative estimate of drug-likeness (QED) is 0.861. The fourth-order valence-corrected chi connectivity index (χ4v) is 3.06. The van der Waals surface area contributed by atoms with Gasteiger partial charge in [-0.25, -0.2) is 4.98 Å². The lowest BCUT2D eigenvalue weighted by Gasteiger charge is -2.23. The Morgan fingerprint density at radius 1 is 1.26 bits per heavy atom. The molecule has 2 fully saturated rings. The SMILES string of the molecule is Nc1cccc(C(=O)N2CC[C@@H](N3CCCC3)C2)n1. The van der Waals surface area contributed by atoms with Crippen molar-refractivity contribution in [3.63, 3.8) is 0 Å². The summed E-state index contributed by atoms with van der Waals surface area (Å²) < 4.78 is 0. The number of likely N-dealkylation sites (tertiary alicyclic amines) is 2. The number of hydrogen-bond donors (Lipinski definition) is 1. The van der Waals surface area contributed by atoms with E-state index in [1.54, 1.807) is 18.2 Å². The van der Waals surface area contributed by atoms with Crippen molar-refractivity contribution >= 4 is 11.7 Å². The highest BCUT2D eigenvalue weighted by molar-refractivity contribution is 5.92. The topological polar surface area (TPSA) is 62.5 Å². The first-order valence-electron chi connectivity index (χ1n) is 7.00. The molecule has 1 atom stereocenters. The Bertz CT molecular complexity index is 470. The van der Waals surface area contributed by atoms with Gasteiger partial charge in [-0.15, -0.1) is 0 Å². The van der Waals surface area contributed by atoms with Gasteiger partial charge in [0.05, 0.1) is 0 Å². The average Bonchev–Trinajstić information content (AvgIpc) is 3.08. The summed E-state index contributed by atoms with van der Waals surface area (Å²) in [4.78, 5) is 20.9. The van der Waals surface area contributed by atoms with Crippen LogP contribution in [0.4, 0.5) is 5.82 Å². The number of pyridine rings is 1. The van der Waals surface area contributed by atoms with Gasteiger partial charge < -0.3 is 10.6 Å². The zero-order valence-corrected chi connectivity index (χ0v) is 11.1. The Balaban J connectivity index is 1.65. The molecule has 0 spiro atoms. The Hall–Kier alpha value is -1.62. The van der Waals surface area contributed by atoms with Gasteiger partial charge in [0.1, 0.15) is 11.5 Å². The van der Waals surface area contributed by atoms with Crippen LogP contribution in [0.3, 0.4) is 0 Å². The van der Waals surface area contributed by atoms with Crippen LogP contribution in [0.5, 0.6) is 0 Å². The van der Waals surface area contributed by atoms with E-state index >= 15 is 0 Å². The predicted octanol–water partition coefficient (Wildman–Crippen LogP) is 0.974. The first kappa shape index (κ1) is 12.4. The van der Waals surface area contributed by atoms with Gasteiger partial charge in [-0.1, -0.05) is 6.07 Å². The largest absolute Gasteiger partial charge is 0.384 e. The minimum Gasteiger partial charge on any atom is -0.384 e. The standard InChI is InChI=1S/C14H20N4O/c15-13-5-3-4-12(16-13)14(19)18-9-6-11(10-18)17-7-1-2-8-17/h3-5,11H,1-2,6-10H2,(H2,15,16)/t11-/m1/s1. The van der Waals surface area contributed by atoms with Gasteiger partial charge in [0, 0.05) is 19.1 Å². The van der Waals surface area contributed by atoms with Crippen molar-refractivity contribution in [3.8, 4) is 0 Å². The summed E-state index contributed by atoms with van der Waals surface area (Å²) in [6, 6.07) is 5.76.